The van der Waals surface area contributed by atoms with Crippen molar-refractivity contribution in [3.63, 3.8) is 0 Å². The van der Waals surface area contributed by atoms with Crippen LogP contribution in [0.2, 0.25) is 12.6 Å². The highest BCUT2D eigenvalue weighted by Crippen LogP contribution is 2.18. The monoisotopic (exact) mass is 217 g/mol. The zero-order valence-corrected chi connectivity index (χ0v) is 10.4. The van der Waals surface area contributed by atoms with Gasteiger partial charge in [-0.1, -0.05) is 6.92 Å². The van der Waals surface area contributed by atoms with Gasteiger partial charge in [0.25, 0.3) is 0 Å². The molecule has 1 unspecified atom stereocenters. The Labute approximate surface area is 86.6 Å². The van der Waals surface area contributed by atoms with Gasteiger partial charge < -0.3 is 8.85 Å². The molecule has 0 aromatic heterocycles. The molecule has 82 valence electrons. The standard InChI is InChI=1S/C9H19NO3Si/c1-9(7-10-8-11)5-6-14(4,12-2)13-3/h9H,5-7H2,1-4H3. The largest absolute Gasteiger partial charge is 0.398 e. The number of rotatable bonds is 7. The summed E-state index contributed by atoms with van der Waals surface area (Å²) in [7, 11) is 1.43. The van der Waals surface area contributed by atoms with Crippen molar-refractivity contribution in [3.8, 4) is 0 Å². The molecular formula is C9H19NO3Si. The molecule has 0 aliphatic heterocycles. The van der Waals surface area contributed by atoms with Crippen LogP contribution in [0.5, 0.6) is 0 Å². The molecule has 0 bridgehead atoms. The van der Waals surface area contributed by atoms with Crippen molar-refractivity contribution < 1.29 is 13.6 Å². The van der Waals surface area contributed by atoms with E-state index in [1.54, 1.807) is 20.3 Å². The van der Waals surface area contributed by atoms with Crippen molar-refractivity contribution in [2.45, 2.75) is 25.9 Å². The van der Waals surface area contributed by atoms with Crippen LogP contribution < -0.4 is 0 Å². The van der Waals surface area contributed by atoms with Crippen molar-refractivity contribution in [2.75, 3.05) is 20.8 Å². The van der Waals surface area contributed by atoms with E-state index in [1.807, 2.05) is 6.55 Å². The van der Waals surface area contributed by atoms with Gasteiger partial charge in [0, 0.05) is 14.2 Å². The third kappa shape index (κ3) is 5.29. The number of carbonyl (C=O) groups excluding carboxylic acids is 1. The summed E-state index contributed by atoms with van der Waals surface area (Å²) in [4.78, 5) is 13.4. The van der Waals surface area contributed by atoms with Crippen molar-refractivity contribution >= 4 is 14.6 Å². The van der Waals surface area contributed by atoms with Crippen molar-refractivity contribution in [2.24, 2.45) is 10.9 Å². The maximum absolute atomic E-state index is 9.89. The lowest BCUT2D eigenvalue weighted by Gasteiger charge is -2.23. The molecule has 4 nitrogen and oxygen atoms in total. The molecule has 0 aromatic rings. The Bertz CT molecular complexity index is 200. The molecule has 0 amide bonds. The molecule has 0 saturated carbocycles. The number of isocyanates is 1. The summed E-state index contributed by atoms with van der Waals surface area (Å²) < 4.78 is 10.7. The molecule has 0 heterocycles. The first-order valence-electron chi connectivity index (χ1n) is 4.72. The van der Waals surface area contributed by atoms with Crippen LogP contribution in [0.15, 0.2) is 4.99 Å². The first kappa shape index (κ1) is 13.5. The molecule has 0 radical (unpaired) electrons. The van der Waals surface area contributed by atoms with Crippen LogP contribution in [0.25, 0.3) is 0 Å². The number of hydrogen-bond acceptors (Lipinski definition) is 4. The van der Waals surface area contributed by atoms with Crippen LogP contribution in [0, 0.1) is 5.92 Å². The Morgan fingerprint density at radius 1 is 1.43 bits per heavy atom. The third-order valence-electron chi connectivity index (χ3n) is 2.42. The molecular weight excluding hydrogens is 198 g/mol. The van der Waals surface area contributed by atoms with Gasteiger partial charge >= 0.3 is 8.56 Å². The Morgan fingerprint density at radius 2 is 2.00 bits per heavy atom. The van der Waals surface area contributed by atoms with Crippen molar-refractivity contribution in [1.29, 1.82) is 0 Å². The van der Waals surface area contributed by atoms with Gasteiger partial charge in [0.2, 0.25) is 6.08 Å². The Hall–Kier alpha value is -0.483. The van der Waals surface area contributed by atoms with E-state index >= 15 is 0 Å². The fourth-order valence-electron chi connectivity index (χ4n) is 1.08. The summed E-state index contributed by atoms with van der Waals surface area (Å²) in [5, 5.41) is 0. The lowest BCUT2D eigenvalue weighted by atomic mass is 10.1. The van der Waals surface area contributed by atoms with E-state index in [0.717, 1.165) is 12.5 Å². The van der Waals surface area contributed by atoms with Gasteiger partial charge in [-0.3, -0.25) is 0 Å². The highest BCUT2D eigenvalue weighted by atomic mass is 28.4. The molecule has 14 heavy (non-hydrogen) atoms. The van der Waals surface area contributed by atoms with E-state index < -0.39 is 8.56 Å². The van der Waals surface area contributed by atoms with Crippen LogP contribution in [0.3, 0.4) is 0 Å². The summed E-state index contributed by atoms with van der Waals surface area (Å²) >= 11 is 0. The predicted molar refractivity (Wildman–Crippen MR) is 57.2 cm³/mol. The van der Waals surface area contributed by atoms with Gasteiger partial charge in [0.05, 0.1) is 6.54 Å². The Morgan fingerprint density at radius 3 is 2.43 bits per heavy atom. The molecule has 5 heteroatoms. The van der Waals surface area contributed by atoms with Crippen LogP contribution in [-0.2, 0) is 13.6 Å². The summed E-state index contributed by atoms with van der Waals surface area (Å²) in [6.45, 7) is 4.63. The van der Waals surface area contributed by atoms with Crippen molar-refractivity contribution in [3.05, 3.63) is 0 Å². The second kappa shape index (κ2) is 6.90. The summed E-state index contributed by atoms with van der Waals surface area (Å²) in [6, 6.07) is 0.926. The van der Waals surface area contributed by atoms with Gasteiger partial charge in [-0.05, 0) is 24.9 Å². The van der Waals surface area contributed by atoms with Crippen LogP contribution in [0.4, 0.5) is 0 Å². The zero-order valence-electron chi connectivity index (χ0n) is 9.37. The smallest absolute Gasteiger partial charge is 0.334 e. The van der Waals surface area contributed by atoms with Gasteiger partial charge in [0.15, 0.2) is 0 Å². The van der Waals surface area contributed by atoms with E-state index in [4.69, 9.17) is 8.85 Å². The molecule has 0 aromatic carbocycles. The van der Waals surface area contributed by atoms with Gasteiger partial charge in [-0.2, -0.15) is 0 Å². The lowest BCUT2D eigenvalue weighted by Crippen LogP contribution is -2.36. The second-order valence-electron chi connectivity index (χ2n) is 3.62. The Kier molecular flexibility index (Phi) is 6.66. The first-order valence-corrected chi connectivity index (χ1v) is 7.24. The first-order chi connectivity index (χ1) is 6.58. The highest BCUT2D eigenvalue weighted by molar-refractivity contribution is 6.65. The normalized spacial score (nSPS) is 13.4. The molecule has 0 aliphatic rings. The van der Waals surface area contributed by atoms with Crippen LogP contribution >= 0.6 is 0 Å². The topological polar surface area (TPSA) is 47.9 Å². The van der Waals surface area contributed by atoms with E-state index in [1.165, 1.54) is 0 Å². The minimum absolute atomic E-state index is 0.383. The number of nitrogens with zero attached hydrogens (tertiary/aromatic N) is 1. The fraction of sp³-hybridized carbons (Fsp3) is 0.889. The molecule has 0 saturated heterocycles. The van der Waals surface area contributed by atoms with Crippen LogP contribution in [-0.4, -0.2) is 35.4 Å². The number of aliphatic imine (C=N–C) groups is 1. The molecule has 0 N–H and O–H groups in total. The maximum Gasteiger partial charge on any atom is 0.334 e. The summed E-state index contributed by atoms with van der Waals surface area (Å²) in [5.41, 5.74) is 0. The maximum atomic E-state index is 9.89. The van der Waals surface area contributed by atoms with Gasteiger partial charge in [0.1, 0.15) is 0 Å². The lowest BCUT2D eigenvalue weighted by molar-refractivity contribution is 0.246. The van der Waals surface area contributed by atoms with E-state index in [9.17, 15) is 4.79 Å². The molecule has 0 aliphatic carbocycles. The molecule has 0 rings (SSSR count). The van der Waals surface area contributed by atoms with Gasteiger partial charge in [-0.15, -0.1) is 0 Å². The second-order valence-corrected chi connectivity index (χ2v) is 7.20. The molecule has 1 atom stereocenters. The molecule has 0 fully saturated rings. The average Bonchev–Trinajstić information content (AvgIpc) is 2.23. The van der Waals surface area contributed by atoms with Crippen molar-refractivity contribution in [1.82, 2.24) is 0 Å². The quantitative estimate of drug-likeness (QED) is 0.370. The van der Waals surface area contributed by atoms with E-state index in [0.29, 0.717) is 12.5 Å². The van der Waals surface area contributed by atoms with Crippen LogP contribution in [0.1, 0.15) is 13.3 Å². The minimum atomic E-state index is -1.94. The molecule has 0 spiro atoms. The average molecular weight is 217 g/mol. The summed E-state index contributed by atoms with van der Waals surface area (Å²) in [5.74, 6) is 0.383. The third-order valence-corrected chi connectivity index (χ3v) is 5.35. The highest BCUT2D eigenvalue weighted by Gasteiger charge is 2.28. The summed E-state index contributed by atoms with van der Waals surface area (Å²) in [6.07, 6.45) is 2.52. The Balaban J connectivity index is 3.84. The van der Waals surface area contributed by atoms with E-state index in [-0.39, 0.29) is 0 Å². The zero-order chi connectivity index (χ0) is 11.0. The SMILES string of the molecule is CO[Si](C)(CCC(C)CN=C=O)OC. The number of hydrogen-bond donors (Lipinski definition) is 0. The van der Waals surface area contributed by atoms with Gasteiger partial charge in [-0.25, -0.2) is 9.79 Å². The fourth-order valence-corrected chi connectivity index (χ4v) is 2.67. The minimum Gasteiger partial charge on any atom is -0.398 e. The predicted octanol–water partition coefficient (Wildman–Crippen LogP) is 1.71. The van der Waals surface area contributed by atoms with E-state index in [2.05, 4.69) is 11.9 Å².